The standard InChI is InChI=1S/C20H33N3O2.HI/c1-17(14-15-18-11-7-6-8-12-18)23-20(21-2)22-16-10-5-4-9-13-19(24)25-3;/h6-8,11-12,17H,4-5,9-10,13-16H2,1-3H3,(H2,21,22,23);1H. The first-order valence-corrected chi connectivity index (χ1v) is 9.23. The summed E-state index contributed by atoms with van der Waals surface area (Å²) in [6, 6.07) is 10.9. The predicted molar refractivity (Wildman–Crippen MR) is 119 cm³/mol. The summed E-state index contributed by atoms with van der Waals surface area (Å²) in [5.41, 5.74) is 1.37. The first-order chi connectivity index (χ1) is 12.2. The van der Waals surface area contributed by atoms with E-state index in [4.69, 9.17) is 0 Å². The third-order valence-corrected chi connectivity index (χ3v) is 4.14. The lowest BCUT2D eigenvalue weighted by molar-refractivity contribution is -0.140. The number of ether oxygens (including phenoxy) is 1. The zero-order chi connectivity index (χ0) is 18.3. The van der Waals surface area contributed by atoms with E-state index in [1.54, 1.807) is 7.05 Å². The molecule has 0 amide bonds. The van der Waals surface area contributed by atoms with Gasteiger partial charge in [0.2, 0.25) is 0 Å². The maximum Gasteiger partial charge on any atom is 0.305 e. The monoisotopic (exact) mass is 475 g/mol. The molecule has 148 valence electrons. The molecule has 2 N–H and O–H groups in total. The number of guanidine groups is 1. The van der Waals surface area contributed by atoms with Crippen LogP contribution in [0.3, 0.4) is 0 Å². The van der Waals surface area contributed by atoms with Crippen molar-refractivity contribution < 1.29 is 9.53 Å². The Hall–Kier alpha value is -1.31. The fraction of sp³-hybridized carbons (Fsp3) is 0.600. The van der Waals surface area contributed by atoms with Crippen molar-refractivity contribution in [3.63, 3.8) is 0 Å². The van der Waals surface area contributed by atoms with Gasteiger partial charge in [0.05, 0.1) is 7.11 Å². The number of unbranched alkanes of at least 4 members (excludes halogenated alkanes) is 3. The van der Waals surface area contributed by atoms with Gasteiger partial charge in [0.1, 0.15) is 0 Å². The number of hydrogen-bond acceptors (Lipinski definition) is 3. The average Bonchev–Trinajstić information content (AvgIpc) is 2.65. The molecule has 0 aromatic heterocycles. The molecule has 0 aliphatic heterocycles. The minimum atomic E-state index is -0.118. The van der Waals surface area contributed by atoms with Crippen LogP contribution in [-0.4, -0.2) is 38.7 Å². The Labute approximate surface area is 175 Å². The van der Waals surface area contributed by atoms with Gasteiger partial charge in [0.15, 0.2) is 5.96 Å². The molecule has 0 spiro atoms. The molecule has 1 atom stereocenters. The molecular formula is C20H34IN3O2. The van der Waals surface area contributed by atoms with Crippen molar-refractivity contribution in [3.8, 4) is 0 Å². The van der Waals surface area contributed by atoms with Crippen LogP contribution >= 0.6 is 24.0 Å². The third-order valence-electron chi connectivity index (χ3n) is 4.14. The maximum atomic E-state index is 11.0. The van der Waals surface area contributed by atoms with Gasteiger partial charge in [-0.05, 0) is 38.2 Å². The number of esters is 1. The molecule has 0 aliphatic rings. The smallest absolute Gasteiger partial charge is 0.305 e. The molecule has 0 radical (unpaired) electrons. The van der Waals surface area contributed by atoms with Gasteiger partial charge in [0, 0.05) is 26.1 Å². The van der Waals surface area contributed by atoms with E-state index in [-0.39, 0.29) is 29.9 Å². The van der Waals surface area contributed by atoms with Crippen LogP contribution in [0.4, 0.5) is 0 Å². The Morgan fingerprint density at radius 3 is 2.50 bits per heavy atom. The number of aryl methyl sites for hydroxylation is 1. The maximum absolute atomic E-state index is 11.0. The van der Waals surface area contributed by atoms with E-state index in [2.05, 4.69) is 51.6 Å². The zero-order valence-electron chi connectivity index (χ0n) is 16.3. The first kappa shape index (κ1) is 24.7. The molecule has 1 rings (SSSR count). The molecule has 1 aromatic rings. The van der Waals surface area contributed by atoms with Gasteiger partial charge < -0.3 is 15.4 Å². The number of aliphatic imine (C=N–C) groups is 1. The molecule has 5 nitrogen and oxygen atoms in total. The summed E-state index contributed by atoms with van der Waals surface area (Å²) in [4.78, 5) is 15.3. The highest BCUT2D eigenvalue weighted by molar-refractivity contribution is 14.0. The Morgan fingerprint density at radius 2 is 1.85 bits per heavy atom. The molecule has 1 unspecified atom stereocenters. The zero-order valence-corrected chi connectivity index (χ0v) is 18.6. The lowest BCUT2D eigenvalue weighted by atomic mass is 10.1. The van der Waals surface area contributed by atoms with E-state index in [1.807, 2.05) is 6.07 Å². The number of hydrogen-bond donors (Lipinski definition) is 2. The molecule has 6 heteroatoms. The van der Waals surface area contributed by atoms with Crippen molar-refractivity contribution in [1.29, 1.82) is 0 Å². The van der Waals surface area contributed by atoms with E-state index >= 15 is 0 Å². The van der Waals surface area contributed by atoms with Gasteiger partial charge in [-0.2, -0.15) is 0 Å². The molecule has 0 fully saturated rings. The van der Waals surface area contributed by atoms with Gasteiger partial charge in [-0.15, -0.1) is 24.0 Å². The molecule has 0 heterocycles. The lowest BCUT2D eigenvalue weighted by Crippen LogP contribution is -2.42. The Balaban J connectivity index is 0.00000625. The second-order valence-corrected chi connectivity index (χ2v) is 6.31. The number of nitrogens with zero attached hydrogens (tertiary/aromatic N) is 1. The minimum Gasteiger partial charge on any atom is -0.469 e. The summed E-state index contributed by atoms with van der Waals surface area (Å²) in [6.45, 7) is 3.08. The lowest BCUT2D eigenvalue weighted by Gasteiger charge is -2.18. The fourth-order valence-corrected chi connectivity index (χ4v) is 2.58. The number of halogens is 1. The summed E-state index contributed by atoms with van der Waals surface area (Å²) in [7, 11) is 3.24. The Kier molecular flexibility index (Phi) is 15.1. The molecule has 1 aromatic carbocycles. The molecule has 0 bridgehead atoms. The van der Waals surface area contributed by atoms with Gasteiger partial charge in [-0.1, -0.05) is 43.2 Å². The number of benzene rings is 1. The molecule has 0 saturated carbocycles. The topological polar surface area (TPSA) is 62.7 Å². The first-order valence-electron chi connectivity index (χ1n) is 9.23. The Bertz CT molecular complexity index is 509. The summed E-state index contributed by atoms with van der Waals surface area (Å²) >= 11 is 0. The van der Waals surface area contributed by atoms with Crippen LogP contribution in [0.2, 0.25) is 0 Å². The van der Waals surface area contributed by atoms with Crippen LogP contribution in [0.1, 0.15) is 51.0 Å². The van der Waals surface area contributed by atoms with E-state index in [0.717, 1.165) is 51.0 Å². The van der Waals surface area contributed by atoms with Crippen LogP contribution < -0.4 is 10.6 Å². The van der Waals surface area contributed by atoms with Crippen LogP contribution in [0.15, 0.2) is 35.3 Å². The second kappa shape index (κ2) is 15.9. The SMILES string of the molecule is CN=C(NCCCCCCC(=O)OC)NC(C)CCc1ccccc1.I. The van der Waals surface area contributed by atoms with E-state index in [0.29, 0.717) is 12.5 Å². The predicted octanol–water partition coefficient (Wildman–Crippen LogP) is 3.91. The number of carbonyl (C=O) groups excluding carboxylic acids is 1. The molecule has 0 saturated heterocycles. The summed E-state index contributed by atoms with van der Waals surface area (Å²) in [5.74, 6) is 0.738. The normalized spacial score (nSPS) is 12.0. The minimum absolute atomic E-state index is 0. The molecule has 26 heavy (non-hydrogen) atoms. The second-order valence-electron chi connectivity index (χ2n) is 6.31. The molecule has 0 aliphatic carbocycles. The van der Waals surface area contributed by atoms with Crippen LogP contribution in [-0.2, 0) is 16.0 Å². The van der Waals surface area contributed by atoms with Crippen molar-refractivity contribution in [2.75, 3.05) is 20.7 Å². The highest BCUT2D eigenvalue weighted by atomic mass is 127. The van der Waals surface area contributed by atoms with Crippen LogP contribution in [0, 0.1) is 0 Å². The van der Waals surface area contributed by atoms with Crippen LogP contribution in [0.5, 0.6) is 0 Å². The van der Waals surface area contributed by atoms with E-state index < -0.39 is 0 Å². The van der Waals surface area contributed by atoms with Gasteiger partial charge >= 0.3 is 5.97 Å². The van der Waals surface area contributed by atoms with Crippen molar-refractivity contribution in [3.05, 3.63) is 35.9 Å². The van der Waals surface area contributed by atoms with Gasteiger partial charge in [-0.3, -0.25) is 9.79 Å². The fourth-order valence-electron chi connectivity index (χ4n) is 2.58. The van der Waals surface area contributed by atoms with Gasteiger partial charge in [-0.25, -0.2) is 0 Å². The van der Waals surface area contributed by atoms with E-state index in [9.17, 15) is 4.79 Å². The van der Waals surface area contributed by atoms with Crippen LogP contribution in [0.25, 0.3) is 0 Å². The number of carbonyl (C=O) groups is 1. The number of methoxy groups -OCH3 is 1. The summed E-state index contributed by atoms with van der Waals surface area (Å²) in [6.07, 6.45) is 6.77. The average molecular weight is 475 g/mol. The number of rotatable bonds is 11. The van der Waals surface area contributed by atoms with E-state index in [1.165, 1.54) is 12.7 Å². The summed E-state index contributed by atoms with van der Waals surface area (Å²) in [5, 5.41) is 6.80. The van der Waals surface area contributed by atoms with Crippen molar-refractivity contribution in [2.45, 2.75) is 57.9 Å². The highest BCUT2D eigenvalue weighted by Crippen LogP contribution is 2.05. The number of nitrogens with one attached hydrogen (secondary N) is 2. The summed E-state index contributed by atoms with van der Waals surface area (Å²) < 4.78 is 4.63. The Morgan fingerprint density at radius 1 is 1.15 bits per heavy atom. The molecular weight excluding hydrogens is 441 g/mol. The quantitative estimate of drug-likeness (QED) is 0.168. The van der Waals surface area contributed by atoms with Crippen molar-refractivity contribution in [2.24, 2.45) is 4.99 Å². The largest absolute Gasteiger partial charge is 0.469 e. The van der Waals surface area contributed by atoms with Crippen molar-refractivity contribution in [1.82, 2.24) is 10.6 Å². The van der Waals surface area contributed by atoms with Gasteiger partial charge in [0.25, 0.3) is 0 Å². The highest BCUT2D eigenvalue weighted by Gasteiger charge is 2.05. The van der Waals surface area contributed by atoms with Crippen molar-refractivity contribution >= 4 is 35.9 Å². The third kappa shape index (κ3) is 12.1.